The highest BCUT2D eigenvalue weighted by molar-refractivity contribution is 9.10. The van der Waals surface area contributed by atoms with Gasteiger partial charge in [0.15, 0.2) is 5.17 Å². The monoisotopic (exact) mass is 388 g/mol. The van der Waals surface area contributed by atoms with Crippen molar-refractivity contribution < 1.29 is 0 Å². The highest BCUT2D eigenvalue weighted by Crippen LogP contribution is 2.26. The third-order valence-electron chi connectivity index (χ3n) is 4.23. The van der Waals surface area contributed by atoms with E-state index in [4.69, 9.17) is 0 Å². The quantitative estimate of drug-likeness (QED) is 0.792. The molecule has 0 saturated carbocycles. The average molecular weight is 389 g/mol. The maximum Gasteiger partial charge on any atom is 0.157 e. The minimum atomic E-state index is 0.244. The average Bonchev–Trinajstić information content (AvgIpc) is 3.02. The molecule has 1 unspecified atom stereocenters. The molecule has 1 aliphatic rings. The lowest BCUT2D eigenvalue weighted by molar-refractivity contribution is 0.643. The number of thioether (sulfide) groups is 1. The summed E-state index contributed by atoms with van der Waals surface area (Å²) in [5.74, 6) is 1.08. The Balaban J connectivity index is 1.91. The summed E-state index contributed by atoms with van der Waals surface area (Å²) in [4.78, 5) is 4.57. The van der Waals surface area contributed by atoms with Crippen molar-refractivity contribution in [3.05, 3.63) is 69.2 Å². The van der Waals surface area contributed by atoms with Crippen LogP contribution in [0, 0.1) is 13.8 Å². The molecule has 0 fully saturated rings. The summed E-state index contributed by atoms with van der Waals surface area (Å²) in [6.45, 7) is 5.31. The van der Waals surface area contributed by atoms with Crippen LogP contribution in [0.3, 0.4) is 0 Å². The first-order valence-corrected chi connectivity index (χ1v) is 9.65. The number of hydrogen-bond acceptors (Lipinski definition) is 3. The van der Waals surface area contributed by atoms with Crippen molar-refractivity contribution in [1.29, 1.82) is 0 Å². The first kappa shape index (κ1) is 16.6. The Morgan fingerprint density at radius 1 is 1.22 bits per heavy atom. The van der Waals surface area contributed by atoms with E-state index in [1.54, 1.807) is 0 Å². The summed E-state index contributed by atoms with van der Waals surface area (Å²) in [6.07, 6.45) is 0.948. The van der Waals surface area contributed by atoms with Gasteiger partial charge in [0.25, 0.3) is 0 Å². The van der Waals surface area contributed by atoms with Crippen molar-refractivity contribution >= 4 is 32.9 Å². The van der Waals surface area contributed by atoms with Crippen LogP contribution >= 0.6 is 27.7 Å². The van der Waals surface area contributed by atoms with Gasteiger partial charge in [-0.1, -0.05) is 58.0 Å². The molecule has 2 aromatic carbocycles. The summed E-state index contributed by atoms with van der Waals surface area (Å²) in [5.41, 5.74) is 5.38. The zero-order valence-corrected chi connectivity index (χ0v) is 15.9. The third kappa shape index (κ3) is 4.18. The van der Waals surface area contributed by atoms with E-state index in [9.17, 15) is 0 Å². The van der Waals surface area contributed by atoms with Gasteiger partial charge in [-0.05, 0) is 54.7 Å². The van der Waals surface area contributed by atoms with E-state index in [0.717, 1.165) is 28.4 Å². The molecule has 3 rings (SSSR count). The molecule has 0 aromatic heterocycles. The van der Waals surface area contributed by atoms with E-state index in [-0.39, 0.29) is 6.04 Å². The van der Waals surface area contributed by atoms with E-state index < -0.39 is 0 Å². The van der Waals surface area contributed by atoms with Gasteiger partial charge in [-0.25, -0.2) is 0 Å². The SMILES string of the molecule is Cc1cccc(C(Cc2cccc(Br)c2)NC2=NCCS2)c1C. The highest BCUT2D eigenvalue weighted by atomic mass is 79.9. The number of nitrogens with one attached hydrogen (secondary N) is 1. The Bertz CT molecular complexity index is 727. The number of hydrogen-bond donors (Lipinski definition) is 1. The second-order valence-corrected chi connectivity index (χ2v) is 7.85. The number of aliphatic imine (C=N–C) groups is 1. The maximum absolute atomic E-state index is 4.57. The number of nitrogens with zero attached hydrogens (tertiary/aromatic N) is 1. The lowest BCUT2D eigenvalue weighted by Gasteiger charge is -2.23. The van der Waals surface area contributed by atoms with Crippen LogP contribution in [-0.4, -0.2) is 17.5 Å². The Kier molecular flexibility index (Phi) is 5.44. The van der Waals surface area contributed by atoms with Gasteiger partial charge in [-0.2, -0.15) is 0 Å². The molecule has 0 aliphatic carbocycles. The Labute approximate surface area is 150 Å². The summed E-state index contributed by atoms with van der Waals surface area (Å²) >= 11 is 5.39. The maximum atomic E-state index is 4.57. The topological polar surface area (TPSA) is 24.4 Å². The van der Waals surface area contributed by atoms with Gasteiger partial charge in [0, 0.05) is 10.2 Å². The van der Waals surface area contributed by atoms with Crippen molar-refractivity contribution in [2.45, 2.75) is 26.3 Å². The molecule has 1 atom stereocenters. The first-order chi connectivity index (χ1) is 11.1. The molecule has 2 nitrogen and oxygen atoms in total. The number of rotatable bonds is 4. The summed E-state index contributed by atoms with van der Waals surface area (Å²) < 4.78 is 1.13. The van der Waals surface area contributed by atoms with Crippen LogP contribution in [0.2, 0.25) is 0 Å². The summed E-state index contributed by atoms with van der Waals surface area (Å²) in [7, 11) is 0. The van der Waals surface area contributed by atoms with Crippen molar-refractivity contribution in [3.63, 3.8) is 0 Å². The van der Waals surface area contributed by atoms with Crippen LogP contribution in [0.15, 0.2) is 51.9 Å². The van der Waals surface area contributed by atoms with Gasteiger partial charge < -0.3 is 5.32 Å². The zero-order chi connectivity index (χ0) is 16.2. The minimum Gasteiger partial charge on any atom is -0.358 e. The van der Waals surface area contributed by atoms with Crippen molar-refractivity contribution in [1.82, 2.24) is 5.32 Å². The van der Waals surface area contributed by atoms with Crippen molar-refractivity contribution in [2.75, 3.05) is 12.3 Å². The van der Waals surface area contributed by atoms with Crippen LogP contribution in [0.1, 0.15) is 28.3 Å². The number of halogens is 1. The van der Waals surface area contributed by atoms with Gasteiger partial charge in [0.05, 0.1) is 12.6 Å². The lowest BCUT2D eigenvalue weighted by atomic mass is 9.93. The van der Waals surface area contributed by atoms with Crippen molar-refractivity contribution in [3.8, 4) is 0 Å². The molecule has 0 saturated heterocycles. The molecule has 1 N–H and O–H groups in total. The third-order valence-corrected chi connectivity index (χ3v) is 5.63. The smallest absolute Gasteiger partial charge is 0.157 e. The standard InChI is InChI=1S/C19H21BrN2S/c1-13-5-3-8-17(14(13)2)18(22-19-21-9-10-23-19)12-15-6-4-7-16(20)11-15/h3-8,11,18H,9-10,12H2,1-2H3,(H,21,22). The normalized spacial score (nSPS) is 15.3. The summed E-state index contributed by atoms with van der Waals surface area (Å²) in [6, 6.07) is 15.4. The number of benzene rings is 2. The lowest BCUT2D eigenvalue weighted by Crippen LogP contribution is -2.28. The molecule has 0 bridgehead atoms. The molecule has 1 aliphatic heterocycles. The molecule has 1 heterocycles. The molecule has 0 amide bonds. The Morgan fingerprint density at radius 2 is 2.04 bits per heavy atom. The van der Waals surface area contributed by atoms with Crippen LogP contribution in [0.5, 0.6) is 0 Å². The molecule has 4 heteroatoms. The fourth-order valence-corrected chi connectivity index (χ4v) is 4.09. The van der Waals surface area contributed by atoms with Crippen LogP contribution in [-0.2, 0) is 6.42 Å². The molecular formula is C19H21BrN2S. The molecule has 120 valence electrons. The second kappa shape index (κ2) is 7.54. The summed E-state index contributed by atoms with van der Waals surface area (Å²) in [5, 5.41) is 4.74. The Hall–Kier alpha value is -1.26. The van der Waals surface area contributed by atoms with Gasteiger partial charge in [0.2, 0.25) is 0 Å². The fraction of sp³-hybridized carbons (Fsp3) is 0.316. The molecular weight excluding hydrogens is 368 g/mol. The van der Waals surface area contributed by atoms with Gasteiger partial charge in [-0.3, -0.25) is 4.99 Å². The van der Waals surface area contributed by atoms with E-state index >= 15 is 0 Å². The first-order valence-electron chi connectivity index (χ1n) is 7.88. The van der Waals surface area contributed by atoms with Crippen LogP contribution in [0.4, 0.5) is 0 Å². The molecule has 0 radical (unpaired) electrons. The Morgan fingerprint density at radius 3 is 2.78 bits per heavy atom. The highest BCUT2D eigenvalue weighted by Gasteiger charge is 2.19. The van der Waals surface area contributed by atoms with E-state index in [2.05, 4.69) is 82.6 Å². The molecule has 0 spiro atoms. The van der Waals surface area contributed by atoms with Gasteiger partial charge in [-0.15, -0.1) is 0 Å². The number of aryl methyl sites for hydroxylation is 1. The fourth-order valence-electron chi connectivity index (χ4n) is 2.86. The van der Waals surface area contributed by atoms with Crippen LogP contribution < -0.4 is 5.32 Å². The van der Waals surface area contributed by atoms with E-state index in [0.29, 0.717) is 0 Å². The van der Waals surface area contributed by atoms with Gasteiger partial charge >= 0.3 is 0 Å². The predicted molar refractivity (Wildman–Crippen MR) is 104 cm³/mol. The second-order valence-electron chi connectivity index (χ2n) is 5.86. The van der Waals surface area contributed by atoms with Crippen molar-refractivity contribution in [2.24, 2.45) is 4.99 Å². The van der Waals surface area contributed by atoms with Gasteiger partial charge in [0.1, 0.15) is 0 Å². The minimum absolute atomic E-state index is 0.244. The predicted octanol–water partition coefficient (Wildman–Crippen LogP) is 5.04. The molecule has 23 heavy (non-hydrogen) atoms. The molecule has 2 aromatic rings. The van der Waals surface area contributed by atoms with E-state index in [1.807, 2.05) is 11.8 Å². The van der Waals surface area contributed by atoms with Crippen LogP contribution in [0.25, 0.3) is 0 Å². The number of amidine groups is 1. The largest absolute Gasteiger partial charge is 0.358 e. The van der Waals surface area contributed by atoms with E-state index in [1.165, 1.54) is 22.3 Å². The zero-order valence-electron chi connectivity index (χ0n) is 13.5.